The molecule has 5 rings (SSSR count). The molecule has 0 heterocycles. The number of aryl methyl sites for hydroxylation is 1. The largest absolute Gasteiger partial charge is 0.429 e. The highest BCUT2D eigenvalue weighted by atomic mass is 19.3. The number of benzene rings is 5. The van der Waals surface area contributed by atoms with Gasteiger partial charge in [-0.15, -0.1) is 0 Å². The first-order chi connectivity index (χ1) is 21.1. The highest BCUT2D eigenvalue weighted by molar-refractivity contribution is 5.73. The Morgan fingerprint density at radius 1 is 0.545 bits per heavy atom. The van der Waals surface area contributed by atoms with E-state index in [2.05, 4.69) is 11.7 Å². The molecule has 0 unspecified atom stereocenters. The van der Waals surface area contributed by atoms with Crippen molar-refractivity contribution < 1.29 is 35.5 Å². The van der Waals surface area contributed by atoms with Crippen LogP contribution in [0.4, 0.5) is 30.7 Å². The zero-order valence-electron chi connectivity index (χ0n) is 23.6. The SMILES string of the molecule is CCCCCc1ccc(-c2ccc(-c3ccc(-c4ccc(C(F)(F)Oc5cc(F)c(F)c(F)c5)c(F)c4)cc3)cc2)c(F)c1. The van der Waals surface area contributed by atoms with Crippen molar-refractivity contribution in [2.45, 2.75) is 38.7 Å². The van der Waals surface area contributed by atoms with E-state index >= 15 is 0 Å². The first-order valence-corrected chi connectivity index (χ1v) is 14.1. The van der Waals surface area contributed by atoms with Gasteiger partial charge >= 0.3 is 6.11 Å². The van der Waals surface area contributed by atoms with Crippen LogP contribution < -0.4 is 4.74 Å². The number of ether oxygens (including phenoxy) is 1. The Kier molecular flexibility index (Phi) is 9.09. The van der Waals surface area contributed by atoms with Gasteiger partial charge < -0.3 is 4.74 Å². The molecule has 1 nitrogen and oxygen atoms in total. The van der Waals surface area contributed by atoms with Gasteiger partial charge in [-0.05, 0) is 64.4 Å². The minimum Gasteiger partial charge on any atom is -0.429 e. The summed E-state index contributed by atoms with van der Waals surface area (Å²) in [6.45, 7) is 2.13. The lowest BCUT2D eigenvalue weighted by atomic mass is 9.96. The quantitative estimate of drug-likeness (QED) is 0.0871. The molecule has 0 atom stereocenters. The van der Waals surface area contributed by atoms with Crippen molar-refractivity contribution in [2.24, 2.45) is 0 Å². The third kappa shape index (κ3) is 6.80. The van der Waals surface area contributed by atoms with Crippen LogP contribution in [0.3, 0.4) is 0 Å². The summed E-state index contributed by atoms with van der Waals surface area (Å²) in [6, 6.07) is 23.2. The third-order valence-corrected chi connectivity index (χ3v) is 7.34. The fraction of sp³-hybridized carbons (Fsp3) is 0.167. The predicted octanol–water partition coefficient (Wildman–Crippen LogP) is 11.2. The fourth-order valence-corrected chi connectivity index (χ4v) is 4.95. The number of halogens is 7. The van der Waals surface area contributed by atoms with E-state index in [1.165, 1.54) is 6.07 Å². The van der Waals surface area contributed by atoms with Crippen LogP contribution in [-0.4, -0.2) is 0 Å². The van der Waals surface area contributed by atoms with Crippen molar-refractivity contribution in [3.05, 3.63) is 137 Å². The summed E-state index contributed by atoms with van der Waals surface area (Å²) in [5.41, 5.74) is 3.63. The average molecular weight is 609 g/mol. The molecular formula is C36H27F7O. The molecule has 0 spiro atoms. The van der Waals surface area contributed by atoms with Gasteiger partial charge in [-0.1, -0.05) is 86.5 Å². The first kappa shape index (κ1) is 30.9. The molecule has 0 fully saturated rings. The number of alkyl halides is 2. The van der Waals surface area contributed by atoms with Gasteiger partial charge in [0.15, 0.2) is 17.5 Å². The van der Waals surface area contributed by atoms with Crippen molar-refractivity contribution in [1.29, 1.82) is 0 Å². The van der Waals surface area contributed by atoms with Gasteiger partial charge in [-0.2, -0.15) is 8.78 Å². The smallest absolute Gasteiger partial charge is 0.429 e. The lowest BCUT2D eigenvalue weighted by Crippen LogP contribution is -2.23. The number of hydrogen-bond acceptors (Lipinski definition) is 1. The minimum atomic E-state index is -4.30. The molecule has 44 heavy (non-hydrogen) atoms. The molecule has 0 aliphatic heterocycles. The van der Waals surface area contributed by atoms with Crippen molar-refractivity contribution >= 4 is 0 Å². The summed E-state index contributed by atoms with van der Waals surface area (Å²) in [6.07, 6.45) is -0.207. The summed E-state index contributed by atoms with van der Waals surface area (Å²) in [7, 11) is 0. The molecule has 8 heteroatoms. The normalized spacial score (nSPS) is 11.5. The van der Waals surface area contributed by atoms with Crippen molar-refractivity contribution in [3.63, 3.8) is 0 Å². The molecule has 0 aliphatic carbocycles. The summed E-state index contributed by atoms with van der Waals surface area (Å²) in [5, 5.41) is 0. The zero-order chi connectivity index (χ0) is 31.4. The van der Waals surface area contributed by atoms with Crippen molar-refractivity contribution in [2.75, 3.05) is 0 Å². The summed E-state index contributed by atoms with van der Waals surface area (Å²) < 4.78 is 103. The molecule has 0 bridgehead atoms. The van der Waals surface area contributed by atoms with Gasteiger partial charge in [0, 0.05) is 17.7 Å². The fourth-order valence-electron chi connectivity index (χ4n) is 4.95. The maximum Gasteiger partial charge on any atom is 0.429 e. The molecule has 0 aromatic heterocycles. The molecule has 226 valence electrons. The summed E-state index contributed by atoms with van der Waals surface area (Å²) in [5.74, 6) is -7.86. The van der Waals surface area contributed by atoms with E-state index < -0.39 is 40.7 Å². The Balaban J connectivity index is 1.29. The van der Waals surface area contributed by atoms with Crippen LogP contribution in [0.5, 0.6) is 5.75 Å². The molecule has 0 amide bonds. The molecule has 0 N–H and O–H groups in total. The van der Waals surface area contributed by atoms with Crippen LogP contribution in [-0.2, 0) is 12.5 Å². The second-order valence-corrected chi connectivity index (χ2v) is 10.4. The summed E-state index contributed by atoms with van der Waals surface area (Å²) in [4.78, 5) is 0. The Labute approximate surface area is 250 Å². The second-order valence-electron chi connectivity index (χ2n) is 10.4. The lowest BCUT2D eigenvalue weighted by molar-refractivity contribution is -0.187. The molecule has 0 aliphatic rings. The van der Waals surface area contributed by atoms with Gasteiger partial charge in [0.2, 0.25) is 0 Å². The van der Waals surface area contributed by atoms with E-state index in [-0.39, 0.29) is 17.9 Å². The predicted molar refractivity (Wildman–Crippen MR) is 157 cm³/mol. The van der Waals surface area contributed by atoms with Gasteiger partial charge in [0.05, 0.1) is 5.56 Å². The Hall–Kier alpha value is -4.59. The van der Waals surface area contributed by atoms with Gasteiger partial charge in [0.1, 0.15) is 17.4 Å². The van der Waals surface area contributed by atoms with Crippen molar-refractivity contribution in [1.82, 2.24) is 0 Å². The zero-order valence-corrected chi connectivity index (χ0v) is 23.6. The molecule has 0 saturated carbocycles. The van der Waals surface area contributed by atoms with Crippen molar-refractivity contribution in [3.8, 4) is 39.1 Å². The van der Waals surface area contributed by atoms with Gasteiger partial charge in [0.25, 0.3) is 0 Å². The Morgan fingerprint density at radius 3 is 1.64 bits per heavy atom. The van der Waals surface area contributed by atoms with Crippen LogP contribution in [0, 0.1) is 29.1 Å². The van der Waals surface area contributed by atoms with Crippen LogP contribution in [0.1, 0.15) is 37.3 Å². The molecular weight excluding hydrogens is 581 g/mol. The third-order valence-electron chi connectivity index (χ3n) is 7.34. The molecule has 0 radical (unpaired) electrons. The maximum absolute atomic E-state index is 14.8. The lowest BCUT2D eigenvalue weighted by Gasteiger charge is -2.19. The van der Waals surface area contributed by atoms with E-state index in [0.717, 1.165) is 60.1 Å². The monoisotopic (exact) mass is 608 g/mol. The van der Waals surface area contributed by atoms with E-state index in [9.17, 15) is 30.7 Å². The Morgan fingerprint density at radius 2 is 1.09 bits per heavy atom. The average Bonchev–Trinajstić information content (AvgIpc) is 3.00. The van der Waals surface area contributed by atoms with E-state index in [0.29, 0.717) is 16.7 Å². The van der Waals surface area contributed by atoms with Crippen LogP contribution in [0.15, 0.2) is 97.1 Å². The summed E-state index contributed by atoms with van der Waals surface area (Å²) >= 11 is 0. The van der Waals surface area contributed by atoms with Crippen LogP contribution in [0.25, 0.3) is 33.4 Å². The molecule has 0 saturated heterocycles. The van der Waals surface area contributed by atoms with Gasteiger partial charge in [-0.25, -0.2) is 22.0 Å². The van der Waals surface area contributed by atoms with Crippen LogP contribution in [0.2, 0.25) is 0 Å². The van der Waals surface area contributed by atoms with E-state index in [1.54, 1.807) is 36.4 Å². The Bertz CT molecular complexity index is 1740. The highest BCUT2D eigenvalue weighted by Crippen LogP contribution is 2.36. The molecule has 5 aromatic carbocycles. The number of rotatable bonds is 10. The van der Waals surface area contributed by atoms with Crippen LogP contribution >= 0.6 is 0 Å². The first-order valence-electron chi connectivity index (χ1n) is 14.1. The highest BCUT2D eigenvalue weighted by Gasteiger charge is 2.38. The second kappa shape index (κ2) is 13.0. The molecule has 5 aromatic rings. The number of unbranched alkanes of at least 4 members (excludes halogenated alkanes) is 2. The maximum atomic E-state index is 14.8. The van der Waals surface area contributed by atoms with E-state index in [4.69, 9.17) is 0 Å². The minimum absolute atomic E-state index is 0.249. The standard InChI is InChI=1S/C36H27F7O/c1-2-3-4-5-22-6-16-29(31(37)18-22)26-13-11-24(12-14-26)23-7-9-25(10-8-23)27-15-17-30(32(38)19-27)36(42,43)44-28-20-33(39)35(41)34(40)21-28/h6-21H,2-5H2,1H3. The topological polar surface area (TPSA) is 9.23 Å². The van der Waals surface area contributed by atoms with E-state index in [1.807, 2.05) is 30.3 Å². The number of hydrogen-bond donors (Lipinski definition) is 0. The van der Waals surface area contributed by atoms with Gasteiger partial charge in [-0.3, -0.25) is 0 Å².